The molecule has 3 aliphatic heterocycles. The minimum Gasteiger partial charge on any atom is -0.341 e. The van der Waals surface area contributed by atoms with E-state index in [2.05, 4.69) is 4.90 Å². The highest BCUT2D eigenvalue weighted by Gasteiger charge is 2.53. The van der Waals surface area contributed by atoms with E-state index in [0.29, 0.717) is 25.9 Å². The van der Waals surface area contributed by atoms with Gasteiger partial charge in [0.25, 0.3) is 5.91 Å². The summed E-state index contributed by atoms with van der Waals surface area (Å²) in [5.74, 6) is -0.160. The van der Waals surface area contributed by atoms with Crippen LogP contribution in [0.3, 0.4) is 0 Å². The SMILES string of the molecule is O=C(N1CCCC2(CCN(CCN3CCCC3)C2=O)C1)C1(F)CCC1. The van der Waals surface area contributed by atoms with Crippen molar-refractivity contribution >= 4 is 11.8 Å². The average Bonchev–Trinajstić information content (AvgIpc) is 3.21. The number of carbonyl (C=O) groups is 2. The quantitative estimate of drug-likeness (QED) is 0.776. The number of alkyl halides is 1. The van der Waals surface area contributed by atoms with Crippen LogP contribution in [0.2, 0.25) is 0 Å². The maximum absolute atomic E-state index is 14.5. The highest BCUT2D eigenvalue weighted by atomic mass is 19.1. The zero-order chi connectivity index (χ0) is 17.5. The van der Waals surface area contributed by atoms with Crippen molar-refractivity contribution in [2.24, 2.45) is 5.41 Å². The van der Waals surface area contributed by atoms with Crippen LogP contribution in [0, 0.1) is 5.41 Å². The van der Waals surface area contributed by atoms with E-state index in [0.717, 1.165) is 58.4 Å². The van der Waals surface area contributed by atoms with Gasteiger partial charge < -0.3 is 14.7 Å². The highest BCUT2D eigenvalue weighted by molar-refractivity contribution is 5.89. The van der Waals surface area contributed by atoms with E-state index in [1.54, 1.807) is 4.90 Å². The molecule has 25 heavy (non-hydrogen) atoms. The third-order valence-corrected chi connectivity index (χ3v) is 6.88. The van der Waals surface area contributed by atoms with Crippen molar-refractivity contribution in [3.8, 4) is 0 Å². The molecule has 3 heterocycles. The van der Waals surface area contributed by atoms with Gasteiger partial charge in [-0.2, -0.15) is 0 Å². The Hall–Kier alpha value is -1.17. The lowest BCUT2D eigenvalue weighted by Crippen LogP contribution is -2.56. The first kappa shape index (κ1) is 17.3. The summed E-state index contributed by atoms with van der Waals surface area (Å²) in [5.41, 5.74) is -2.09. The Labute approximate surface area is 149 Å². The summed E-state index contributed by atoms with van der Waals surface area (Å²) in [7, 11) is 0. The molecule has 0 aromatic heterocycles. The Kier molecular flexibility index (Phi) is 4.50. The minimum absolute atomic E-state index is 0.200. The van der Waals surface area contributed by atoms with Crippen LogP contribution in [-0.4, -0.2) is 78.0 Å². The summed E-state index contributed by atoms with van der Waals surface area (Å²) in [4.78, 5) is 31.7. The standard InChI is InChI=1S/C19H30FN3O2/c20-19(6-3-7-19)17(25)23-11-4-5-18(15-23)8-12-22(16(18)24)14-13-21-9-1-2-10-21/h1-15H2. The van der Waals surface area contributed by atoms with Gasteiger partial charge in [-0.05, 0) is 64.5 Å². The summed E-state index contributed by atoms with van der Waals surface area (Å²) >= 11 is 0. The second-order valence-electron chi connectivity index (χ2n) is 8.52. The van der Waals surface area contributed by atoms with Crippen LogP contribution < -0.4 is 0 Å². The normalized spacial score (nSPS) is 32.4. The van der Waals surface area contributed by atoms with E-state index in [4.69, 9.17) is 0 Å². The molecule has 0 bridgehead atoms. The van der Waals surface area contributed by atoms with Gasteiger partial charge in [0.2, 0.25) is 5.91 Å². The predicted molar refractivity (Wildman–Crippen MR) is 92.8 cm³/mol. The van der Waals surface area contributed by atoms with E-state index < -0.39 is 11.1 Å². The van der Waals surface area contributed by atoms with Gasteiger partial charge in [-0.15, -0.1) is 0 Å². The molecule has 0 N–H and O–H groups in total. The topological polar surface area (TPSA) is 43.9 Å². The minimum atomic E-state index is -1.64. The lowest BCUT2D eigenvalue weighted by atomic mass is 9.76. The summed E-state index contributed by atoms with van der Waals surface area (Å²) < 4.78 is 14.5. The first-order valence-electron chi connectivity index (χ1n) is 10.0. The van der Waals surface area contributed by atoms with Crippen molar-refractivity contribution in [3.05, 3.63) is 0 Å². The molecule has 4 rings (SSSR count). The van der Waals surface area contributed by atoms with Gasteiger partial charge in [-0.1, -0.05) is 0 Å². The third kappa shape index (κ3) is 3.07. The fourth-order valence-electron chi connectivity index (χ4n) is 5.04. The highest BCUT2D eigenvalue weighted by Crippen LogP contribution is 2.43. The molecule has 3 saturated heterocycles. The fourth-order valence-corrected chi connectivity index (χ4v) is 5.04. The van der Waals surface area contributed by atoms with Crippen molar-refractivity contribution in [1.82, 2.24) is 14.7 Å². The van der Waals surface area contributed by atoms with Gasteiger partial charge in [0.1, 0.15) is 0 Å². The molecule has 0 aromatic carbocycles. The predicted octanol–water partition coefficient (Wildman–Crippen LogP) is 1.82. The van der Waals surface area contributed by atoms with Crippen LogP contribution in [0.15, 0.2) is 0 Å². The second kappa shape index (κ2) is 6.53. The molecule has 140 valence electrons. The molecule has 0 aromatic rings. The average molecular weight is 351 g/mol. The van der Waals surface area contributed by atoms with E-state index in [9.17, 15) is 14.0 Å². The fraction of sp³-hybridized carbons (Fsp3) is 0.895. The molecule has 6 heteroatoms. The molecule has 1 unspecified atom stereocenters. The summed E-state index contributed by atoms with van der Waals surface area (Å²) in [6.07, 6.45) is 6.50. The van der Waals surface area contributed by atoms with Crippen molar-refractivity contribution in [3.63, 3.8) is 0 Å². The number of piperidine rings is 1. The van der Waals surface area contributed by atoms with Gasteiger partial charge >= 0.3 is 0 Å². The van der Waals surface area contributed by atoms with Crippen molar-refractivity contribution in [2.75, 3.05) is 45.8 Å². The first-order chi connectivity index (χ1) is 12.0. The Bertz CT molecular complexity index is 545. The Morgan fingerprint density at radius 3 is 2.36 bits per heavy atom. The number of nitrogens with zero attached hydrogens (tertiary/aromatic N) is 3. The van der Waals surface area contributed by atoms with Crippen LogP contribution in [-0.2, 0) is 9.59 Å². The molecule has 2 amide bonds. The molecular formula is C19H30FN3O2. The lowest BCUT2D eigenvalue weighted by molar-refractivity contribution is -0.155. The van der Waals surface area contributed by atoms with Crippen LogP contribution >= 0.6 is 0 Å². The van der Waals surface area contributed by atoms with Crippen LogP contribution in [0.1, 0.15) is 51.4 Å². The second-order valence-corrected chi connectivity index (χ2v) is 8.52. The van der Waals surface area contributed by atoms with Gasteiger partial charge in [0.15, 0.2) is 5.67 Å². The number of hydrogen-bond acceptors (Lipinski definition) is 3. The summed E-state index contributed by atoms with van der Waals surface area (Å²) in [6.45, 7) is 5.86. The first-order valence-corrected chi connectivity index (χ1v) is 10.0. The van der Waals surface area contributed by atoms with Crippen molar-refractivity contribution in [2.45, 2.75) is 57.0 Å². The van der Waals surface area contributed by atoms with Crippen molar-refractivity contribution < 1.29 is 14.0 Å². The molecule has 1 saturated carbocycles. The molecule has 1 spiro atoms. The molecule has 1 atom stereocenters. The summed E-state index contributed by atoms with van der Waals surface area (Å²) in [6, 6.07) is 0. The van der Waals surface area contributed by atoms with E-state index in [1.807, 2.05) is 4.90 Å². The molecular weight excluding hydrogens is 321 g/mol. The smallest absolute Gasteiger partial charge is 0.260 e. The molecule has 0 radical (unpaired) electrons. The zero-order valence-corrected chi connectivity index (χ0v) is 15.1. The zero-order valence-electron chi connectivity index (χ0n) is 15.1. The van der Waals surface area contributed by atoms with Gasteiger partial charge in [0, 0.05) is 32.7 Å². The number of rotatable bonds is 4. The number of amides is 2. The number of likely N-dealkylation sites (tertiary alicyclic amines) is 3. The van der Waals surface area contributed by atoms with Crippen LogP contribution in [0.5, 0.6) is 0 Å². The third-order valence-electron chi connectivity index (χ3n) is 6.88. The molecule has 5 nitrogen and oxygen atoms in total. The maximum Gasteiger partial charge on any atom is 0.260 e. The molecule has 1 aliphatic carbocycles. The number of carbonyl (C=O) groups excluding carboxylic acids is 2. The molecule has 4 aliphatic rings. The maximum atomic E-state index is 14.5. The number of halogens is 1. The van der Waals surface area contributed by atoms with Crippen LogP contribution in [0.25, 0.3) is 0 Å². The van der Waals surface area contributed by atoms with Gasteiger partial charge in [0.05, 0.1) is 5.41 Å². The largest absolute Gasteiger partial charge is 0.341 e. The van der Waals surface area contributed by atoms with E-state index >= 15 is 0 Å². The van der Waals surface area contributed by atoms with Gasteiger partial charge in [-0.3, -0.25) is 9.59 Å². The Balaban J connectivity index is 1.37. The van der Waals surface area contributed by atoms with E-state index in [-0.39, 0.29) is 11.8 Å². The summed E-state index contributed by atoms with van der Waals surface area (Å²) in [5, 5.41) is 0. The van der Waals surface area contributed by atoms with Gasteiger partial charge in [-0.25, -0.2) is 4.39 Å². The number of hydrogen-bond donors (Lipinski definition) is 0. The van der Waals surface area contributed by atoms with E-state index in [1.165, 1.54) is 12.8 Å². The monoisotopic (exact) mass is 351 g/mol. The van der Waals surface area contributed by atoms with Crippen LogP contribution in [0.4, 0.5) is 4.39 Å². The lowest BCUT2D eigenvalue weighted by Gasteiger charge is -2.43. The Morgan fingerprint density at radius 1 is 0.920 bits per heavy atom. The Morgan fingerprint density at radius 2 is 1.68 bits per heavy atom. The van der Waals surface area contributed by atoms with Crippen molar-refractivity contribution in [1.29, 1.82) is 0 Å². The molecule has 4 fully saturated rings.